The van der Waals surface area contributed by atoms with Crippen LogP contribution in [0.15, 0.2) is 24.3 Å². The summed E-state index contributed by atoms with van der Waals surface area (Å²) in [5, 5.41) is 5.98. The molecule has 19 heavy (non-hydrogen) atoms. The van der Waals surface area contributed by atoms with Crippen molar-refractivity contribution in [3.63, 3.8) is 0 Å². The summed E-state index contributed by atoms with van der Waals surface area (Å²) in [4.78, 5) is 12.0. The van der Waals surface area contributed by atoms with Gasteiger partial charge in [0.15, 0.2) is 0 Å². The minimum Gasteiger partial charge on any atom is -0.357 e. The molecule has 0 aliphatic heterocycles. The van der Waals surface area contributed by atoms with Crippen molar-refractivity contribution in [2.75, 3.05) is 17.7 Å². The van der Waals surface area contributed by atoms with E-state index in [1.54, 1.807) is 19.2 Å². The standard InChI is InChI=1S/C12H13ClFN5/c1-7(8-3-5-9(14)6-4-8)16-12-18-10(13)17-11(15-2)19-12/h3-7H,1-2H3,(H2,15,16,17,18,19). The summed E-state index contributed by atoms with van der Waals surface area (Å²) in [7, 11) is 1.69. The molecular formula is C12H13ClFN5. The number of aromatic nitrogens is 3. The molecule has 0 bridgehead atoms. The summed E-state index contributed by atoms with van der Waals surface area (Å²) in [6.07, 6.45) is 0. The van der Waals surface area contributed by atoms with Crippen LogP contribution in [0, 0.1) is 5.82 Å². The molecule has 0 saturated heterocycles. The van der Waals surface area contributed by atoms with Crippen LogP contribution >= 0.6 is 11.6 Å². The molecule has 0 saturated carbocycles. The Hall–Kier alpha value is -1.95. The molecule has 0 aliphatic rings. The molecule has 1 atom stereocenters. The maximum atomic E-state index is 12.8. The zero-order chi connectivity index (χ0) is 13.8. The highest BCUT2D eigenvalue weighted by atomic mass is 35.5. The normalized spacial score (nSPS) is 12.0. The van der Waals surface area contributed by atoms with Crippen LogP contribution in [0.1, 0.15) is 18.5 Å². The van der Waals surface area contributed by atoms with Gasteiger partial charge < -0.3 is 10.6 Å². The first kappa shape index (κ1) is 13.5. The predicted molar refractivity (Wildman–Crippen MR) is 72.8 cm³/mol. The Labute approximate surface area is 115 Å². The fourth-order valence-corrected chi connectivity index (χ4v) is 1.71. The van der Waals surface area contributed by atoms with E-state index in [2.05, 4.69) is 25.6 Å². The van der Waals surface area contributed by atoms with E-state index in [4.69, 9.17) is 11.6 Å². The second-order valence-electron chi connectivity index (χ2n) is 3.92. The van der Waals surface area contributed by atoms with Crippen LogP contribution in [0.2, 0.25) is 5.28 Å². The highest BCUT2D eigenvalue weighted by Crippen LogP contribution is 2.18. The zero-order valence-electron chi connectivity index (χ0n) is 10.5. The first-order chi connectivity index (χ1) is 9.08. The van der Waals surface area contributed by atoms with Crippen LogP contribution < -0.4 is 10.6 Å². The average Bonchev–Trinajstić information content (AvgIpc) is 2.38. The van der Waals surface area contributed by atoms with Gasteiger partial charge in [-0.15, -0.1) is 0 Å². The lowest BCUT2D eigenvalue weighted by molar-refractivity contribution is 0.626. The van der Waals surface area contributed by atoms with Crippen LogP contribution in [0.3, 0.4) is 0 Å². The van der Waals surface area contributed by atoms with E-state index in [1.807, 2.05) is 6.92 Å². The maximum Gasteiger partial charge on any atom is 0.229 e. The maximum absolute atomic E-state index is 12.8. The molecule has 0 amide bonds. The molecule has 2 rings (SSSR count). The van der Waals surface area contributed by atoms with Crippen molar-refractivity contribution in [1.82, 2.24) is 15.0 Å². The van der Waals surface area contributed by atoms with Gasteiger partial charge in [0.25, 0.3) is 0 Å². The van der Waals surface area contributed by atoms with Crippen LogP contribution in [-0.2, 0) is 0 Å². The van der Waals surface area contributed by atoms with Gasteiger partial charge in [-0.3, -0.25) is 0 Å². The largest absolute Gasteiger partial charge is 0.357 e. The molecule has 100 valence electrons. The Morgan fingerprint density at radius 2 is 1.74 bits per heavy atom. The number of rotatable bonds is 4. The third kappa shape index (κ3) is 3.51. The van der Waals surface area contributed by atoms with Crippen molar-refractivity contribution in [2.24, 2.45) is 0 Å². The molecule has 2 aromatic rings. The van der Waals surface area contributed by atoms with Gasteiger partial charge in [0, 0.05) is 7.05 Å². The van der Waals surface area contributed by atoms with Gasteiger partial charge in [0.1, 0.15) is 5.82 Å². The number of halogens is 2. The number of anilines is 2. The summed E-state index contributed by atoms with van der Waals surface area (Å²) in [5.74, 6) is 0.478. The second-order valence-corrected chi connectivity index (χ2v) is 4.26. The summed E-state index contributed by atoms with van der Waals surface area (Å²) >= 11 is 5.79. The average molecular weight is 282 g/mol. The van der Waals surface area contributed by atoms with Gasteiger partial charge >= 0.3 is 0 Å². The van der Waals surface area contributed by atoms with Crippen LogP contribution in [0.25, 0.3) is 0 Å². The number of nitrogens with one attached hydrogen (secondary N) is 2. The predicted octanol–water partition coefficient (Wildman–Crippen LogP) is 2.88. The molecule has 0 aliphatic carbocycles. The van der Waals surface area contributed by atoms with Crippen LogP contribution in [0.5, 0.6) is 0 Å². The summed E-state index contributed by atoms with van der Waals surface area (Å²) in [5.41, 5.74) is 0.920. The molecule has 0 radical (unpaired) electrons. The molecule has 0 spiro atoms. The topological polar surface area (TPSA) is 62.7 Å². The van der Waals surface area contributed by atoms with E-state index in [0.717, 1.165) is 5.56 Å². The minimum absolute atomic E-state index is 0.0798. The molecule has 1 heterocycles. The van der Waals surface area contributed by atoms with E-state index in [1.165, 1.54) is 12.1 Å². The lowest BCUT2D eigenvalue weighted by atomic mass is 10.1. The highest BCUT2D eigenvalue weighted by molar-refractivity contribution is 6.28. The van der Waals surface area contributed by atoms with Crippen molar-refractivity contribution in [1.29, 1.82) is 0 Å². The third-order valence-electron chi connectivity index (χ3n) is 2.55. The minimum atomic E-state index is -0.267. The molecule has 1 unspecified atom stereocenters. The Bertz CT molecular complexity index is 561. The Balaban J connectivity index is 2.16. The molecule has 1 aromatic carbocycles. The molecular weight excluding hydrogens is 269 g/mol. The third-order valence-corrected chi connectivity index (χ3v) is 2.72. The number of hydrogen-bond donors (Lipinski definition) is 2. The summed E-state index contributed by atoms with van der Waals surface area (Å²) in [6.45, 7) is 1.92. The van der Waals surface area contributed by atoms with Gasteiger partial charge in [0.2, 0.25) is 17.2 Å². The summed E-state index contributed by atoms with van der Waals surface area (Å²) < 4.78 is 12.8. The Morgan fingerprint density at radius 3 is 2.37 bits per heavy atom. The van der Waals surface area contributed by atoms with Crippen LogP contribution in [-0.4, -0.2) is 22.0 Å². The molecule has 1 aromatic heterocycles. The highest BCUT2D eigenvalue weighted by Gasteiger charge is 2.09. The first-order valence-corrected chi connectivity index (χ1v) is 6.07. The van der Waals surface area contributed by atoms with E-state index >= 15 is 0 Å². The quantitative estimate of drug-likeness (QED) is 0.902. The van der Waals surface area contributed by atoms with Crippen molar-refractivity contribution in [2.45, 2.75) is 13.0 Å². The van der Waals surface area contributed by atoms with E-state index in [-0.39, 0.29) is 17.1 Å². The first-order valence-electron chi connectivity index (χ1n) is 5.70. The van der Waals surface area contributed by atoms with E-state index in [9.17, 15) is 4.39 Å². The number of hydrogen-bond acceptors (Lipinski definition) is 5. The zero-order valence-corrected chi connectivity index (χ0v) is 11.2. The van der Waals surface area contributed by atoms with E-state index in [0.29, 0.717) is 11.9 Å². The molecule has 2 N–H and O–H groups in total. The fourth-order valence-electron chi connectivity index (χ4n) is 1.55. The van der Waals surface area contributed by atoms with Gasteiger partial charge in [-0.2, -0.15) is 15.0 Å². The van der Waals surface area contributed by atoms with Gasteiger partial charge in [-0.05, 0) is 36.2 Å². The molecule has 5 nitrogen and oxygen atoms in total. The van der Waals surface area contributed by atoms with Crippen molar-refractivity contribution >= 4 is 23.5 Å². The smallest absolute Gasteiger partial charge is 0.229 e. The lowest BCUT2D eigenvalue weighted by Gasteiger charge is -2.14. The van der Waals surface area contributed by atoms with Gasteiger partial charge in [-0.25, -0.2) is 4.39 Å². The van der Waals surface area contributed by atoms with Crippen molar-refractivity contribution in [3.8, 4) is 0 Å². The SMILES string of the molecule is CNc1nc(Cl)nc(NC(C)c2ccc(F)cc2)n1. The van der Waals surface area contributed by atoms with E-state index < -0.39 is 0 Å². The second kappa shape index (κ2) is 5.79. The number of nitrogens with zero attached hydrogens (tertiary/aromatic N) is 3. The Morgan fingerprint density at radius 1 is 1.11 bits per heavy atom. The monoisotopic (exact) mass is 281 g/mol. The van der Waals surface area contributed by atoms with Gasteiger partial charge in [0.05, 0.1) is 6.04 Å². The number of benzene rings is 1. The summed E-state index contributed by atoms with van der Waals surface area (Å²) in [6, 6.07) is 6.15. The molecule has 0 fully saturated rings. The van der Waals surface area contributed by atoms with Crippen LogP contribution in [0.4, 0.5) is 16.3 Å². The Kier molecular flexibility index (Phi) is 4.11. The van der Waals surface area contributed by atoms with Crippen molar-refractivity contribution in [3.05, 3.63) is 40.9 Å². The van der Waals surface area contributed by atoms with Gasteiger partial charge in [-0.1, -0.05) is 12.1 Å². The molecule has 7 heteroatoms. The lowest BCUT2D eigenvalue weighted by Crippen LogP contribution is -2.11. The fraction of sp³-hybridized carbons (Fsp3) is 0.250. The van der Waals surface area contributed by atoms with Crippen molar-refractivity contribution < 1.29 is 4.39 Å².